The first-order valence-corrected chi connectivity index (χ1v) is 10.5. The lowest BCUT2D eigenvalue weighted by atomic mass is 9.85. The van der Waals surface area contributed by atoms with Crippen LogP contribution in [0, 0.1) is 13.8 Å². The van der Waals surface area contributed by atoms with Gasteiger partial charge in [-0.2, -0.15) is 0 Å². The van der Waals surface area contributed by atoms with Crippen molar-refractivity contribution >= 4 is 11.6 Å². The second-order valence-corrected chi connectivity index (χ2v) is 7.93. The van der Waals surface area contributed by atoms with Crippen molar-refractivity contribution in [2.75, 3.05) is 38.0 Å². The molecular weight excluding hydrogens is 374 g/mol. The average Bonchev–Trinajstić information content (AvgIpc) is 3.27. The highest BCUT2D eigenvalue weighted by atomic mass is 16.2. The van der Waals surface area contributed by atoms with Crippen molar-refractivity contribution in [1.29, 1.82) is 0 Å². The number of rotatable bonds is 6. The molecule has 1 fully saturated rings. The van der Waals surface area contributed by atoms with E-state index in [4.69, 9.17) is 0 Å². The maximum atomic E-state index is 12.6. The molecule has 0 spiro atoms. The van der Waals surface area contributed by atoms with Gasteiger partial charge in [-0.05, 0) is 48.2 Å². The molecule has 2 aromatic carbocycles. The molecule has 3 aromatic rings. The van der Waals surface area contributed by atoms with E-state index in [1.807, 2.05) is 18.3 Å². The average molecular weight is 404 g/mol. The molecule has 0 radical (unpaired) electrons. The summed E-state index contributed by atoms with van der Waals surface area (Å²) in [5.74, 6) is 0.0521. The summed E-state index contributed by atoms with van der Waals surface area (Å²) in [5, 5.41) is 6.39. The number of imidazole rings is 1. The van der Waals surface area contributed by atoms with E-state index in [1.54, 1.807) is 6.33 Å². The van der Waals surface area contributed by atoms with E-state index in [2.05, 4.69) is 69.7 Å². The van der Waals surface area contributed by atoms with E-state index < -0.39 is 0 Å². The van der Waals surface area contributed by atoms with Gasteiger partial charge in [-0.3, -0.25) is 9.69 Å². The summed E-state index contributed by atoms with van der Waals surface area (Å²) < 4.78 is 0. The molecule has 1 unspecified atom stereocenters. The van der Waals surface area contributed by atoms with Gasteiger partial charge in [-0.1, -0.05) is 30.3 Å². The Kier molecular flexibility index (Phi) is 6.26. The molecule has 6 nitrogen and oxygen atoms in total. The van der Waals surface area contributed by atoms with Gasteiger partial charge >= 0.3 is 0 Å². The first-order valence-electron chi connectivity index (χ1n) is 10.5. The topological polar surface area (TPSA) is 73.1 Å². The summed E-state index contributed by atoms with van der Waals surface area (Å²) in [7, 11) is 0. The maximum absolute atomic E-state index is 12.6. The van der Waals surface area contributed by atoms with Gasteiger partial charge in [-0.25, -0.2) is 4.98 Å². The zero-order chi connectivity index (χ0) is 20.9. The maximum Gasteiger partial charge on any atom is 0.238 e. The zero-order valence-corrected chi connectivity index (χ0v) is 17.6. The Hall–Kier alpha value is -2.96. The fraction of sp³-hybridized carbons (Fsp3) is 0.333. The van der Waals surface area contributed by atoms with Crippen LogP contribution in [0.15, 0.2) is 55.0 Å². The van der Waals surface area contributed by atoms with Crippen molar-refractivity contribution in [3.63, 3.8) is 0 Å². The van der Waals surface area contributed by atoms with Crippen molar-refractivity contribution in [2.24, 2.45) is 0 Å². The van der Waals surface area contributed by atoms with Gasteiger partial charge in [0.15, 0.2) is 0 Å². The number of amides is 1. The number of benzene rings is 2. The van der Waals surface area contributed by atoms with Crippen LogP contribution in [0.4, 0.5) is 5.69 Å². The predicted octanol–water partition coefficient (Wildman–Crippen LogP) is 3.05. The van der Waals surface area contributed by atoms with Gasteiger partial charge in [0, 0.05) is 43.8 Å². The van der Waals surface area contributed by atoms with Crippen LogP contribution in [0.2, 0.25) is 0 Å². The Bertz CT molecular complexity index is 993. The highest BCUT2D eigenvalue weighted by molar-refractivity contribution is 5.92. The van der Waals surface area contributed by atoms with E-state index in [9.17, 15) is 4.79 Å². The summed E-state index contributed by atoms with van der Waals surface area (Å²) in [5.41, 5.74) is 6.75. The molecule has 2 heterocycles. The molecule has 1 aliphatic heterocycles. The molecule has 156 valence electrons. The highest BCUT2D eigenvalue weighted by Gasteiger charge is 2.21. The van der Waals surface area contributed by atoms with Crippen molar-refractivity contribution < 1.29 is 4.79 Å². The number of carbonyl (C=O) groups is 1. The number of aromatic nitrogens is 2. The van der Waals surface area contributed by atoms with E-state index >= 15 is 0 Å². The van der Waals surface area contributed by atoms with Crippen LogP contribution in [0.1, 0.15) is 33.9 Å². The predicted molar refractivity (Wildman–Crippen MR) is 120 cm³/mol. The molecule has 0 aliphatic carbocycles. The number of hydrogen-bond acceptors (Lipinski definition) is 4. The zero-order valence-electron chi connectivity index (χ0n) is 17.6. The molecule has 1 aromatic heterocycles. The van der Waals surface area contributed by atoms with Crippen LogP contribution in [0.3, 0.4) is 0 Å². The summed E-state index contributed by atoms with van der Waals surface area (Å²) in [6.07, 6.45) is 3.59. The standard InChI is InChI=1S/C24H29N5O/c1-17-5-3-8-21(18(17)2)24(22-14-26-16-27-22)19-6-4-7-20(13-19)28-23(30)15-29-11-9-25-10-12-29/h3-8,13-14,16,24-25H,9-12,15H2,1-2H3,(H,26,27)(H,28,30). The van der Waals surface area contributed by atoms with E-state index in [0.29, 0.717) is 6.54 Å². The number of nitrogens with zero attached hydrogens (tertiary/aromatic N) is 2. The van der Waals surface area contributed by atoms with Crippen molar-refractivity contribution in [1.82, 2.24) is 20.2 Å². The lowest BCUT2D eigenvalue weighted by Crippen LogP contribution is -2.46. The summed E-state index contributed by atoms with van der Waals surface area (Å²) in [6.45, 7) is 8.40. The smallest absolute Gasteiger partial charge is 0.238 e. The van der Waals surface area contributed by atoms with Crippen LogP contribution in [-0.2, 0) is 4.79 Å². The van der Waals surface area contributed by atoms with E-state index in [-0.39, 0.29) is 11.8 Å². The molecule has 3 N–H and O–H groups in total. The van der Waals surface area contributed by atoms with E-state index in [0.717, 1.165) is 43.1 Å². The lowest BCUT2D eigenvalue weighted by Gasteiger charge is -2.26. The van der Waals surface area contributed by atoms with E-state index in [1.165, 1.54) is 16.7 Å². The Morgan fingerprint density at radius 3 is 2.73 bits per heavy atom. The molecular formula is C24H29N5O. The molecule has 0 bridgehead atoms. The molecule has 1 atom stereocenters. The monoisotopic (exact) mass is 403 g/mol. The van der Waals surface area contributed by atoms with Crippen molar-refractivity contribution in [3.05, 3.63) is 82.9 Å². The SMILES string of the molecule is Cc1cccc(C(c2cccc(NC(=O)CN3CCNCC3)c2)c2cnc[nH]2)c1C. The Balaban J connectivity index is 1.59. The number of aryl methyl sites for hydroxylation is 1. The van der Waals surface area contributed by atoms with Crippen LogP contribution in [-0.4, -0.2) is 53.5 Å². The van der Waals surface area contributed by atoms with Crippen LogP contribution in [0.5, 0.6) is 0 Å². The Labute approximate surface area is 177 Å². The number of piperazine rings is 1. The van der Waals surface area contributed by atoms with Crippen LogP contribution < -0.4 is 10.6 Å². The molecule has 4 rings (SSSR count). The van der Waals surface area contributed by atoms with Gasteiger partial charge in [0.1, 0.15) is 0 Å². The third-order valence-corrected chi connectivity index (χ3v) is 5.87. The molecule has 0 saturated carbocycles. The normalized spacial score (nSPS) is 15.7. The first kappa shape index (κ1) is 20.3. The number of carbonyl (C=O) groups excluding carboxylic acids is 1. The minimum atomic E-state index is 0.0254. The highest BCUT2D eigenvalue weighted by Crippen LogP contribution is 2.34. The number of nitrogens with one attached hydrogen (secondary N) is 3. The van der Waals surface area contributed by atoms with Gasteiger partial charge in [0.25, 0.3) is 0 Å². The number of anilines is 1. The minimum absolute atomic E-state index is 0.0254. The molecule has 6 heteroatoms. The van der Waals surface area contributed by atoms with Crippen molar-refractivity contribution in [2.45, 2.75) is 19.8 Å². The van der Waals surface area contributed by atoms with Gasteiger partial charge in [-0.15, -0.1) is 0 Å². The second-order valence-electron chi connectivity index (χ2n) is 7.93. The van der Waals surface area contributed by atoms with Gasteiger partial charge in [0.2, 0.25) is 5.91 Å². The molecule has 30 heavy (non-hydrogen) atoms. The molecule has 1 saturated heterocycles. The van der Waals surface area contributed by atoms with Crippen molar-refractivity contribution in [3.8, 4) is 0 Å². The Morgan fingerprint density at radius 1 is 1.17 bits per heavy atom. The van der Waals surface area contributed by atoms with Gasteiger partial charge in [0.05, 0.1) is 18.8 Å². The number of aromatic amines is 1. The molecule has 1 amide bonds. The molecule has 1 aliphatic rings. The minimum Gasteiger partial charge on any atom is -0.348 e. The number of hydrogen-bond donors (Lipinski definition) is 3. The lowest BCUT2D eigenvalue weighted by molar-refractivity contribution is -0.117. The largest absolute Gasteiger partial charge is 0.348 e. The first-order chi connectivity index (χ1) is 14.6. The Morgan fingerprint density at radius 2 is 1.97 bits per heavy atom. The summed E-state index contributed by atoms with van der Waals surface area (Å²) >= 11 is 0. The fourth-order valence-corrected chi connectivity index (χ4v) is 4.11. The van der Waals surface area contributed by atoms with Crippen LogP contribution in [0.25, 0.3) is 0 Å². The van der Waals surface area contributed by atoms with Crippen LogP contribution >= 0.6 is 0 Å². The number of H-pyrrole nitrogens is 1. The third kappa shape index (κ3) is 4.61. The summed E-state index contributed by atoms with van der Waals surface area (Å²) in [6, 6.07) is 14.5. The fourth-order valence-electron chi connectivity index (χ4n) is 4.11. The third-order valence-electron chi connectivity index (χ3n) is 5.87. The second kappa shape index (κ2) is 9.24. The quantitative estimate of drug-likeness (QED) is 0.592. The van der Waals surface area contributed by atoms with Gasteiger partial charge < -0.3 is 15.6 Å². The summed E-state index contributed by atoms with van der Waals surface area (Å²) in [4.78, 5) is 22.3.